The number of rotatable bonds is 4. The zero-order valence-electron chi connectivity index (χ0n) is 7.51. The minimum absolute atomic E-state index is 0.0933. The van der Waals surface area contributed by atoms with E-state index in [0.717, 1.165) is 19.3 Å². The molecule has 0 heterocycles. The third kappa shape index (κ3) is 1.42. The Bertz CT molecular complexity index is 134. The second-order valence-corrected chi connectivity index (χ2v) is 3.85. The fourth-order valence-electron chi connectivity index (χ4n) is 1.96. The molecule has 0 saturated heterocycles. The lowest BCUT2D eigenvalue weighted by atomic mass is 9.93. The summed E-state index contributed by atoms with van der Waals surface area (Å²) in [5.74, 6) is 0.633. The van der Waals surface area contributed by atoms with Gasteiger partial charge in [-0.05, 0) is 18.8 Å². The monoisotopic (exact) mass is 157 g/mol. The van der Waals surface area contributed by atoms with E-state index in [1.807, 2.05) is 0 Å². The quantitative estimate of drug-likeness (QED) is 0.642. The Morgan fingerprint density at radius 1 is 1.73 bits per heavy atom. The van der Waals surface area contributed by atoms with E-state index in [2.05, 4.69) is 13.8 Å². The molecule has 0 aromatic carbocycles. The Morgan fingerprint density at radius 3 is 2.55 bits per heavy atom. The van der Waals surface area contributed by atoms with Crippen molar-refractivity contribution in [2.75, 3.05) is 6.54 Å². The summed E-state index contributed by atoms with van der Waals surface area (Å²) in [6.07, 6.45) is 2.91. The minimum Gasteiger partial charge on any atom is -0.392 e. The van der Waals surface area contributed by atoms with Gasteiger partial charge in [0.25, 0.3) is 0 Å². The lowest BCUT2D eigenvalue weighted by Gasteiger charge is -2.20. The molecule has 1 rings (SSSR count). The topological polar surface area (TPSA) is 46.2 Å². The SMILES string of the molecule is CCCC(O)C1(CN)CC1C. The summed E-state index contributed by atoms with van der Waals surface area (Å²) in [6.45, 7) is 4.92. The first-order chi connectivity index (χ1) is 5.17. The molecule has 0 bridgehead atoms. The molecule has 2 heteroatoms. The second kappa shape index (κ2) is 3.11. The normalized spacial score (nSPS) is 38.7. The van der Waals surface area contributed by atoms with Crippen molar-refractivity contribution in [3.8, 4) is 0 Å². The van der Waals surface area contributed by atoms with Gasteiger partial charge in [-0.2, -0.15) is 0 Å². The maximum absolute atomic E-state index is 9.73. The van der Waals surface area contributed by atoms with Crippen LogP contribution < -0.4 is 5.73 Å². The van der Waals surface area contributed by atoms with Crippen molar-refractivity contribution in [2.24, 2.45) is 17.1 Å². The summed E-state index contributed by atoms with van der Waals surface area (Å²) in [5, 5.41) is 9.73. The largest absolute Gasteiger partial charge is 0.392 e. The van der Waals surface area contributed by atoms with Crippen LogP contribution >= 0.6 is 0 Å². The number of aliphatic hydroxyl groups is 1. The van der Waals surface area contributed by atoms with Crippen LogP contribution in [0, 0.1) is 11.3 Å². The molecule has 1 fully saturated rings. The van der Waals surface area contributed by atoms with Gasteiger partial charge in [0.05, 0.1) is 6.10 Å². The molecular weight excluding hydrogens is 138 g/mol. The van der Waals surface area contributed by atoms with Crippen LogP contribution in [0.5, 0.6) is 0 Å². The highest BCUT2D eigenvalue weighted by Crippen LogP contribution is 2.54. The van der Waals surface area contributed by atoms with Crippen molar-refractivity contribution in [3.63, 3.8) is 0 Å². The molecule has 0 aromatic rings. The highest BCUT2D eigenvalue weighted by atomic mass is 16.3. The Morgan fingerprint density at radius 2 is 2.27 bits per heavy atom. The first-order valence-electron chi connectivity index (χ1n) is 4.55. The van der Waals surface area contributed by atoms with Crippen molar-refractivity contribution < 1.29 is 5.11 Å². The van der Waals surface area contributed by atoms with Crippen LogP contribution in [0.15, 0.2) is 0 Å². The molecule has 11 heavy (non-hydrogen) atoms. The summed E-state index contributed by atoms with van der Waals surface area (Å²) in [6, 6.07) is 0. The fourth-order valence-corrected chi connectivity index (χ4v) is 1.96. The van der Waals surface area contributed by atoms with Crippen LogP contribution in [0.1, 0.15) is 33.1 Å². The second-order valence-electron chi connectivity index (χ2n) is 3.85. The predicted octanol–water partition coefficient (Wildman–Crippen LogP) is 1.13. The molecule has 0 spiro atoms. The fraction of sp³-hybridized carbons (Fsp3) is 1.00. The Hall–Kier alpha value is -0.0800. The van der Waals surface area contributed by atoms with Gasteiger partial charge in [-0.15, -0.1) is 0 Å². The summed E-state index contributed by atoms with van der Waals surface area (Å²) in [5.41, 5.74) is 5.72. The average molecular weight is 157 g/mol. The van der Waals surface area contributed by atoms with E-state index in [0.29, 0.717) is 12.5 Å². The van der Waals surface area contributed by atoms with Gasteiger partial charge in [-0.25, -0.2) is 0 Å². The molecule has 0 aromatic heterocycles. The number of hydrogen-bond donors (Lipinski definition) is 2. The first kappa shape index (κ1) is 9.01. The maximum Gasteiger partial charge on any atom is 0.0611 e. The van der Waals surface area contributed by atoms with E-state index in [1.165, 1.54) is 0 Å². The Labute approximate surface area is 68.8 Å². The molecule has 0 amide bonds. The maximum atomic E-state index is 9.73. The van der Waals surface area contributed by atoms with Crippen molar-refractivity contribution >= 4 is 0 Å². The lowest BCUT2D eigenvalue weighted by molar-refractivity contribution is 0.0798. The van der Waals surface area contributed by atoms with Crippen LogP contribution in [0.25, 0.3) is 0 Å². The number of nitrogens with two attached hydrogens (primary N) is 1. The zero-order valence-corrected chi connectivity index (χ0v) is 7.51. The lowest BCUT2D eigenvalue weighted by Crippen LogP contribution is -2.31. The van der Waals surface area contributed by atoms with Gasteiger partial charge in [-0.1, -0.05) is 20.3 Å². The van der Waals surface area contributed by atoms with Gasteiger partial charge in [0, 0.05) is 12.0 Å². The summed E-state index contributed by atoms with van der Waals surface area (Å²) in [7, 11) is 0. The average Bonchev–Trinajstić information content (AvgIpc) is 2.63. The third-order valence-corrected chi connectivity index (χ3v) is 3.11. The van der Waals surface area contributed by atoms with Gasteiger partial charge in [0.15, 0.2) is 0 Å². The molecule has 3 atom stereocenters. The van der Waals surface area contributed by atoms with Crippen LogP contribution in [0.3, 0.4) is 0 Å². The van der Waals surface area contributed by atoms with E-state index < -0.39 is 0 Å². The summed E-state index contributed by atoms with van der Waals surface area (Å²) >= 11 is 0. The van der Waals surface area contributed by atoms with Crippen molar-refractivity contribution in [3.05, 3.63) is 0 Å². The number of aliphatic hydroxyl groups excluding tert-OH is 1. The smallest absolute Gasteiger partial charge is 0.0611 e. The highest BCUT2D eigenvalue weighted by Gasteiger charge is 2.54. The summed E-state index contributed by atoms with van der Waals surface area (Å²) < 4.78 is 0. The van der Waals surface area contributed by atoms with Gasteiger partial charge >= 0.3 is 0 Å². The molecular formula is C9H19NO. The van der Waals surface area contributed by atoms with E-state index in [4.69, 9.17) is 5.73 Å². The molecule has 1 aliphatic rings. The van der Waals surface area contributed by atoms with Crippen LogP contribution in [-0.2, 0) is 0 Å². The minimum atomic E-state index is -0.160. The number of hydrogen-bond acceptors (Lipinski definition) is 2. The zero-order chi connectivity index (χ0) is 8.48. The molecule has 0 aliphatic heterocycles. The molecule has 3 N–H and O–H groups in total. The van der Waals surface area contributed by atoms with Crippen molar-refractivity contribution in [1.82, 2.24) is 0 Å². The van der Waals surface area contributed by atoms with Crippen LogP contribution in [-0.4, -0.2) is 17.8 Å². The molecule has 1 aliphatic carbocycles. The van der Waals surface area contributed by atoms with Gasteiger partial charge < -0.3 is 10.8 Å². The van der Waals surface area contributed by atoms with E-state index in [9.17, 15) is 5.11 Å². The van der Waals surface area contributed by atoms with Crippen LogP contribution in [0.4, 0.5) is 0 Å². The van der Waals surface area contributed by atoms with Crippen molar-refractivity contribution in [2.45, 2.75) is 39.2 Å². The molecule has 1 saturated carbocycles. The van der Waals surface area contributed by atoms with Gasteiger partial charge in [0.2, 0.25) is 0 Å². The standard InChI is InChI=1S/C9H19NO/c1-3-4-8(11)9(6-10)5-7(9)2/h7-8,11H,3-6,10H2,1-2H3. The molecule has 3 unspecified atom stereocenters. The highest BCUT2D eigenvalue weighted by molar-refractivity contribution is 5.05. The summed E-state index contributed by atoms with van der Waals surface area (Å²) in [4.78, 5) is 0. The van der Waals surface area contributed by atoms with Crippen LogP contribution in [0.2, 0.25) is 0 Å². The molecule has 66 valence electrons. The Balaban J connectivity index is 2.44. The van der Waals surface area contributed by atoms with E-state index in [1.54, 1.807) is 0 Å². The first-order valence-corrected chi connectivity index (χ1v) is 4.55. The Kier molecular flexibility index (Phi) is 2.55. The van der Waals surface area contributed by atoms with E-state index >= 15 is 0 Å². The third-order valence-electron chi connectivity index (χ3n) is 3.11. The predicted molar refractivity (Wildman–Crippen MR) is 46.2 cm³/mol. The van der Waals surface area contributed by atoms with Gasteiger partial charge in [-0.3, -0.25) is 0 Å². The van der Waals surface area contributed by atoms with Gasteiger partial charge in [0.1, 0.15) is 0 Å². The molecule has 2 nitrogen and oxygen atoms in total. The molecule has 0 radical (unpaired) electrons. The van der Waals surface area contributed by atoms with Crippen molar-refractivity contribution in [1.29, 1.82) is 0 Å². The van der Waals surface area contributed by atoms with E-state index in [-0.39, 0.29) is 11.5 Å².